The third-order valence-corrected chi connectivity index (χ3v) is 3.73. The molecule has 0 radical (unpaired) electrons. The van der Waals surface area contributed by atoms with Crippen molar-refractivity contribution in [2.45, 2.75) is 18.9 Å². The highest BCUT2D eigenvalue weighted by atomic mass is 15.2. The van der Waals surface area contributed by atoms with E-state index in [1.54, 1.807) is 12.5 Å². The molecule has 0 amide bonds. The minimum absolute atomic E-state index is 0.381. The molecule has 2 aromatic heterocycles. The van der Waals surface area contributed by atoms with Gasteiger partial charge in [-0.05, 0) is 36.6 Å². The zero-order chi connectivity index (χ0) is 13.9. The lowest BCUT2D eigenvalue weighted by Crippen LogP contribution is -2.24. The van der Waals surface area contributed by atoms with E-state index < -0.39 is 0 Å². The van der Waals surface area contributed by atoms with Gasteiger partial charge < -0.3 is 9.80 Å². The van der Waals surface area contributed by atoms with Gasteiger partial charge in [0.05, 0.1) is 6.04 Å². The fourth-order valence-electron chi connectivity index (χ4n) is 2.73. The predicted octanol–water partition coefficient (Wildman–Crippen LogP) is 2.28. The van der Waals surface area contributed by atoms with Crippen molar-refractivity contribution in [3.8, 4) is 0 Å². The van der Waals surface area contributed by atoms with Gasteiger partial charge in [0.15, 0.2) is 0 Å². The first-order valence-electron chi connectivity index (χ1n) is 6.91. The van der Waals surface area contributed by atoms with Gasteiger partial charge in [-0.25, -0.2) is 15.0 Å². The number of pyridine rings is 1. The molecule has 20 heavy (non-hydrogen) atoms. The molecule has 1 atom stereocenters. The summed E-state index contributed by atoms with van der Waals surface area (Å²) in [4.78, 5) is 17.2. The molecule has 3 heterocycles. The molecular formula is C15H19N5. The van der Waals surface area contributed by atoms with Crippen molar-refractivity contribution < 1.29 is 0 Å². The van der Waals surface area contributed by atoms with Gasteiger partial charge in [-0.3, -0.25) is 0 Å². The molecule has 0 saturated carbocycles. The Morgan fingerprint density at radius 1 is 1.20 bits per heavy atom. The summed E-state index contributed by atoms with van der Waals surface area (Å²) >= 11 is 0. The lowest BCUT2D eigenvalue weighted by Gasteiger charge is -2.26. The zero-order valence-corrected chi connectivity index (χ0v) is 11.9. The molecule has 0 spiro atoms. The lowest BCUT2D eigenvalue weighted by molar-refractivity contribution is 0.709. The maximum Gasteiger partial charge on any atom is 0.132 e. The molecule has 0 aromatic carbocycles. The van der Waals surface area contributed by atoms with Crippen molar-refractivity contribution in [2.75, 3.05) is 30.4 Å². The predicted molar refractivity (Wildman–Crippen MR) is 79.9 cm³/mol. The second kappa shape index (κ2) is 5.45. The Balaban J connectivity index is 1.91. The SMILES string of the molecule is CN(C)c1cc(C2CCCN2c2ccncn2)ccn1. The number of hydrogen-bond acceptors (Lipinski definition) is 5. The van der Waals surface area contributed by atoms with Crippen LogP contribution in [0.15, 0.2) is 36.9 Å². The number of hydrogen-bond donors (Lipinski definition) is 0. The van der Waals surface area contributed by atoms with Gasteiger partial charge in [0.1, 0.15) is 18.0 Å². The first kappa shape index (κ1) is 12.8. The normalized spacial score (nSPS) is 18.3. The van der Waals surface area contributed by atoms with Crippen molar-refractivity contribution in [1.82, 2.24) is 15.0 Å². The van der Waals surface area contributed by atoms with Gasteiger partial charge >= 0.3 is 0 Å². The number of nitrogens with zero attached hydrogens (tertiary/aromatic N) is 5. The summed E-state index contributed by atoms with van der Waals surface area (Å²) in [5.74, 6) is 2.00. The summed E-state index contributed by atoms with van der Waals surface area (Å²) in [7, 11) is 4.03. The lowest BCUT2D eigenvalue weighted by atomic mass is 10.1. The maximum atomic E-state index is 4.39. The first-order valence-corrected chi connectivity index (χ1v) is 6.91. The first-order chi connectivity index (χ1) is 9.75. The molecule has 1 saturated heterocycles. The summed E-state index contributed by atoms with van der Waals surface area (Å²) < 4.78 is 0. The molecule has 0 aliphatic carbocycles. The van der Waals surface area contributed by atoms with Gasteiger partial charge in [-0.2, -0.15) is 0 Å². The number of aromatic nitrogens is 3. The van der Waals surface area contributed by atoms with E-state index in [9.17, 15) is 0 Å². The number of rotatable bonds is 3. The molecule has 0 bridgehead atoms. The van der Waals surface area contributed by atoms with Crippen molar-refractivity contribution in [1.29, 1.82) is 0 Å². The smallest absolute Gasteiger partial charge is 0.132 e. The second-order valence-electron chi connectivity index (χ2n) is 5.26. The molecule has 3 rings (SSSR count). The van der Waals surface area contributed by atoms with Gasteiger partial charge in [0.2, 0.25) is 0 Å². The highest BCUT2D eigenvalue weighted by Crippen LogP contribution is 2.35. The molecule has 5 nitrogen and oxygen atoms in total. The number of anilines is 2. The standard InChI is InChI=1S/C15H19N5/c1-19(2)15-10-12(5-8-17-15)13-4-3-9-20(13)14-6-7-16-11-18-14/h5-8,10-11,13H,3-4,9H2,1-2H3. The van der Waals surface area contributed by atoms with Crippen LogP contribution in [0.4, 0.5) is 11.6 Å². The largest absolute Gasteiger partial charge is 0.363 e. The van der Waals surface area contributed by atoms with Gasteiger partial charge in [-0.1, -0.05) is 0 Å². The van der Waals surface area contributed by atoms with Crippen molar-refractivity contribution in [3.63, 3.8) is 0 Å². The Kier molecular flexibility index (Phi) is 3.50. The van der Waals surface area contributed by atoms with Crippen LogP contribution in [0.1, 0.15) is 24.4 Å². The summed E-state index contributed by atoms with van der Waals surface area (Å²) in [6.07, 6.45) is 7.65. The molecule has 104 valence electrons. The summed E-state index contributed by atoms with van der Waals surface area (Å²) in [6, 6.07) is 6.64. The third kappa shape index (κ3) is 2.43. The monoisotopic (exact) mass is 269 g/mol. The van der Waals surface area contributed by atoms with Crippen molar-refractivity contribution in [2.24, 2.45) is 0 Å². The van der Waals surface area contributed by atoms with Crippen LogP contribution in [0.5, 0.6) is 0 Å². The van der Waals surface area contributed by atoms with Crippen LogP contribution >= 0.6 is 0 Å². The van der Waals surface area contributed by atoms with Crippen molar-refractivity contribution in [3.05, 3.63) is 42.5 Å². The fraction of sp³-hybridized carbons (Fsp3) is 0.400. The molecule has 1 aliphatic heterocycles. The molecule has 2 aromatic rings. The van der Waals surface area contributed by atoms with Crippen LogP contribution in [-0.4, -0.2) is 35.6 Å². The Labute approximate surface area is 119 Å². The van der Waals surface area contributed by atoms with Crippen molar-refractivity contribution >= 4 is 11.6 Å². The highest BCUT2D eigenvalue weighted by Gasteiger charge is 2.27. The molecule has 5 heteroatoms. The molecule has 0 N–H and O–H groups in total. The van der Waals surface area contributed by atoms with Gasteiger partial charge in [-0.15, -0.1) is 0 Å². The topological polar surface area (TPSA) is 45.2 Å². The van der Waals surface area contributed by atoms with Gasteiger partial charge in [0, 0.05) is 33.0 Å². The summed E-state index contributed by atoms with van der Waals surface area (Å²) in [5, 5.41) is 0. The molecular weight excluding hydrogens is 250 g/mol. The Hall–Kier alpha value is -2.17. The van der Waals surface area contributed by atoms with E-state index in [4.69, 9.17) is 0 Å². The Morgan fingerprint density at radius 2 is 2.10 bits per heavy atom. The Morgan fingerprint density at radius 3 is 2.85 bits per heavy atom. The molecule has 1 fully saturated rings. The summed E-state index contributed by atoms with van der Waals surface area (Å²) in [5.41, 5.74) is 1.31. The Bertz CT molecular complexity index is 569. The fourth-order valence-corrected chi connectivity index (χ4v) is 2.73. The summed E-state index contributed by atoms with van der Waals surface area (Å²) in [6.45, 7) is 1.04. The van der Waals surface area contributed by atoms with E-state index in [-0.39, 0.29) is 0 Å². The van der Waals surface area contributed by atoms with Crippen LogP contribution in [0.2, 0.25) is 0 Å². The van der Waals surface area contributed by atoms with Crippen LogP contribution in [0, 0.1) is 0 Å². The van der Waals surface area contributed by atoms with E-state index in [0.29, 0.717) is 6.04 Å². The van der Waals surface area contributed by atoms with Crippen LogP contribution in [0.3, 0.4) is 0 Å². The van der Waals surface area contributed by atoms with Crippen LogP contribution < -0.4 is 9.80 Å². The van der Waals surface area contributed by atoms with E-state index >= 15 is 0 Å². The second-order valence-corrected chi connectivity index (χ2v) is 5.26. The van der Waals surface area contributed by atoms with Crippen LogP contribution in [-0.2, 0) is 0 Å². The average Bonchev–Trinajstić information content (AvgIpc) is 2.98. The van der Waals surface area contributed by atoms with E-state index in [1.807, 2.05) is 31.3 Å². The average molecular weight is 269 g/mol. The minimum atomic E-state index is 0.381. The zero-order valence-electron chi connectivity index (χ0n) is 11.9. The van der Waals surface area contributed by atoms with E-state index in [0.717, 1.165) is 24.6 Å². The van der Waals surface area contributed by atoms with Gasteiger partial charge in [0.25, 0.3) is 0 Å². The quantitative estimate of drug-likeness (QED) is 0.855. The maximum absolute atomic E-state index is 4.39. The van der Waals surface area contributed by atoms with Crippen LogP contribution in [0.25, 0.3) is 0 Å². The minimum Gasteiger partial charge on any atom is -0.363 e. The molecule has 1 aliphatic rings. The third-order valence-electron chi connectivity index (χ3n) is 3.73. The molecule has 1 unspecified atom stereocenters. The highest BCUT2D eigenvalue weighted by molar-refractivity contribution is 5.46. The van der Waals surface area contributed by atoms with E-state index in [1.165, 1.54) is 12.0 Å². The van der Waals surface area contributed by atoms with E-state index in [2.05, 4.69) is 32.0 Å².